The highest BCUT2D eigenvalue weighted by Crippen LogP contribution is 2.17. The third-order valence-electron chi connectivity index (χ3n) is 3.71. The molecule has 0 radical (unpaired) electrons. The summed E-state index contributed by atoms with van der Waals surface area (Å²) < 4.78 is 7.27. The fourth-order valence-corrected chi connectivity index (χ4v) is 2.60. The largest absolute Gasteiger partial charge is 0.466 e. The second-order valence-electron chi connectivity index (χ2n) is 5.06. The molecule has 1 aromatic rings. The van der Waals surface area contributed by atoms with E-state index >= 15 is 0 Å². The molecule has 0 aromatic carbocycles. The monoisotopic (exact) mass is 265 g/mol. The van der Waals surface area contributed by atoms with Crippen molar-refractivity contribution in [1.82, 2.24) is 14.5 Å². The SMILES string of the molecule is CCOC(=O)C1CCCN(CCn2ccnc2C)C1. The number of rotatable bonds is 5. The van der Waals surface area contributed by atoms with E-state index in [0.29, 0.717) is 6.61 Å². The molecular weight excluding hydrogens is 242 g/mol. The summed E-state index contributed by atoms with van der Waals surface area (Å²) >= 11 is 0. The molecule has 0 bridgehead atoms. The Balaban J connectivity index is 1.81. The van der Waals surface area contributed by atoms with E-state index in [0.717, 1.165) is 44.8 Å². The van der Waals surface area contributed by atoms with Crippen LogP contribution in [0.25, 0.3) is 0 Å². The van der Waals surface area contributed by atoms with Crippen LogP contribution in [0.2, 0.25) is 0 Å². The fourth-order valence-electron chi connectivity index (χ4n) is 2.60. The lowest BCUT2D eigenvalue weighted by atomic mass is 9.98. The topological polar surface area (TPSA) is 47.4 Å². The lowest BCUT2D eigenvalue weighted by molar-refractivity contribution is -0.149. The quantitative estimate of drug-likeness (QED) is 0.756. The summed E-state index contributed by atoms with van der Waals surface area (Å²) in [7, 11) is 0. The van der Waals surface area contributed by atoms with Gasteiger partial charge in [0, 0.05) is 32.0 Å². The average Bonchev–Trinajstić information content (AvgIpc) is 2.82. The van der Waals surface area contributed by atoms with Gasteiger partial charge in [0.05, 0.1) is 12.5 Å². The van der Waals surface area contributed by atoms with Gasteiger partial charge in [0.15, 0.2) is 0 Å². The molecule has 1 unspecified atom stereocenters. The van der Waals surface area contributed by atoms with Crippen molar-refractivity contribution in [2.24, 2.45) is 5.92 Å². The Morgan fingerprint density at radius 2 is 2.37 bits per heavy atom. The van der Waals surface area contributed by atoms with Crippen LogP contribution in [0.5, 0.6) is 0 Å². The molecular formula is C14H23N3O2. The number of hydrogen-bond acceptors (Lipinski definition) is 4. The highest BCUT2D eigenvalue weighted by atomic mass is 16.5. The van der Waals surface area contributed by atoms with Gasteiger partial charge in [-0.05, 0) is 33.2 Å². The molecule has 1 atom stereocenters. The van der Waals surface area contributed by atoms with Gasteiger partial charge in [0.2, 0.25) is 0 Å². The van der Waals surface area contributed by atoms with Gasteiger partial charge in [-0.1, -0.05) is 0 Å². The molecule has 2 rings (SSSR count). The molecule has 1 fully saturated rings. The van der Waals surface area contributed by atoms with Crippen LogP contribution in [0, 0.1) is 12.8 Å². The van der Waals surface area contributed by atoms with Gasteiger partial charge in [0.1, 0.15) is 5.82 Å². The van der Waals surface area contributed by atoms with E-state index in [1.165, 1.54) is 0 Å². The molecule has 1 aliphatic heterocycles. The summed E-state index contributed by atoms with van der Waals surface area (Å²) in [4.78, 5) is 18.3. The number of esters is 1. The minimum Gasteiger partial charge on any atom is -0.466 e. The number of aromatic nitrogens is 2. The molecule has 5 nitrogen and oxygen atoms in total. The maximum atomic E-state index is 11.8. The maximum absolute atomic E-state index is 11.8. The van der Waals surface area contributed by atoms with Crippen LogP contribution in [-0.4, -0.2) is 46.7 Å². The molecule has 1 aromatic heterocycles. The van der Waals surface area contributed by atoms with Gasteiger partial charge in [-0.2, -0.15) is 0 Å². The Morgan fingerprint density at radius 1 is 1.53 bits per heavy atom. The standard InChI is InChI=1S/C14H23N3O2/c1-3-19-14(18)13-5-4-7-16(11-13)9-10-17-8-6-15-12(17)2/h6,8,13H,3-5,7,9-11H2,1-2H3. The summed E-state index contributed by atoms with van der Waals surface area (Å²) in [6.45, 7) is 8.15. The van der Waals surface area contributed by atoms with E-state index in [2.05, 4.69) is 14.5 Å². The minimum atomic E-state index is -0.0361. The second-order valence-corrected chi connectivity index (χ2v) is 5.06. The molecule has 0 saturated carbocycles. The van der Waals surface area contributed by atoms with Gasteiger partial charge >= 0.3 is 5.97 Å². The number of nitrogens with zero attached hydrogens (tertiary/aromatic N) is 3. The summed E-state index contributed by atoms with van der Waals surface area (Å²) in [5.74, 6) is 1.06. The van der Waals surface area contributed by atoms with E-state index in [4.69, 9.17) is 4.74 Å². The number of carbonyl (C=O) groups excluding carboxylic acids is 1. The predicted molar refractivity (Wildman–Crippen MR) is 72.8 cm³/mol. The van der Waals surface area contributed by atoms with Gasteiger partial charge < -0.3 is 14.2 Å². The number of aryl methyl sites for hydroxylation is 1. The molecule has 106 valence electrons. The molecule has 1 aliphatic rings. The van der Waals surface area contributed by atoms with Crippen molar-refractivity contribution >= 4 is 5.97 Å². The van der Waals surface area contributed by atoms with Crippen molar-refractivity contribution in [2.75, 3.05) is 26.2 Å². The van der Waals surface area contributed by atoms with Crippen molar-refractivity contribution in [3.05, 3.63) is 18.2 Å². The van der Waals surface area contributed by atoms with Gasteiger partial charge in [-0.25, -0.2) is 4.98 Å². The third kappa shape index (κ3) is 3.80. The average molecular weight is 265 g/mol. The van der Waals surface area contributed by atoms with Crippen LogP contribution in [0.4, 0.5) is 0 Å². The molecule has 0 amide bonds. The van der Waals surface area contributed by atoms with Crippen LogP contribution in [0.15, 0.2) is 12.4 Å². The van der Waals surface area contributed by atoms with E-state index in [1.54, 1.807) is 0 Å². The summed E-state index contributed by atoms with van der Waals surface area (Å²) in [5.41, 5.74) is 0. The van der Waals surface area contributed by atoms with Crippen molar-refractivity contribution in [3.63, 3.8) is 0 Å². The van der Waals surface area contributed by atoms with Crippen molar-refractivity contribution in [2.45, 2.75) is 33.2 Å². The van der Waals surface area contributed by atoms with E-state index in [9.17, 15) is 4.79 Å². The fraction of sp³-hybridized carbons (Fsp3) is 0.714. The van der Waals surface area contributed by atoms with E-state index < -0.39 is 0 Å². The Bertz CT molecular complexity index is 417. The molecule has 0 aliphatic carbocycles. The first-order valence-electron chi connectivity index (χ1n) is 7.07. The minimum absolute atomic E-state index is 0.0361. The van der Waals surface area contributed by atoms with Crippen molar-refractivity contribution < 1.29 is 9.53 Å². The number of piperidine rings is 1. The van der Waals surface area contributed by atoms with Crippen molar-refractivity contribution in [3.8, 4) is 0 Å². The molecule has 0 spiro atoms. The zero-order chi connectivity index (χ0) is 13.7. The summed E-state index contributed by atoms with van der Waals surface area (Å²) in [6.07, 6.45) is 5.86. The summed E-state index contributed by atoms with van der Waals surface area (Å²) in [5, 5.41) is 0. The Morgan fingerprint density at radius 3 is 3.05 bits per heavy atom. The zero-order valence-electron chi connectivity index (χ0n) is 11.8. The highest BCUT2D eigenvalue weighted by molar-refractivity contribution is 5.72. The number of likely N-dealkylation sites (tertiary alicyclic amines) is 1. The first-order valence-corrected chi connectivity index (χ1v) is 7.07. The van der Waals surface area contributed by atoms with Crippen LogP contribution in [-0.2, 0) is 16.1 Å². The number of carbonyl (C=O) groups is 1. The Hall–Kier alpha value is -1.36. The maximum Gasteiger partial charge on any atom is 0.310 e. The van der Waals surface area contributed by atoms with Gasteiger partial charge in [-0.15, -0.1) is 0 Å². The van der Waals surface area contributed by atoms with Gasteiger partial charge in [-0.3, -0.25) is 4.79 Å². The number of hydrogen-bond donors (Lipinski definition) is 0. The Labute approximate surface area is 114 Å². The molecule has 19 heavy (non-hydrogen) atoms. The zero-order valence-corrected chi connectivity index (χ0v) is 11.8. The second kappa shape index (κ2) is 6.70. The van der Waals surface area contributed by atoms with Crippen LogP contribution >= 0.6 is 0 Å². The lowest BCUT2D eigenvalue weighted by Gasteiger charge is -2.31. The van der Waals surface area contributed by atoms with E-state index in [1.807, 2.05) is 26.2 Å². The first-order chi connectivity index (χ1) is 9.20. The molecule has 5 heteroatoms. The Kier molecular flexibility index (Phi) is 4.96. The van der Waals surface area contributed by atoms with Gasteiger partial charge in [0.25, 0.3) is 0 Å². The third-order valence-corrected chi connectivity index (χ3v) is 3.71. The molecule has 0 N–H and O–H groups in total. The number of ether oxygens (including phenoxy) is 1. The normalized spacial score (nSPS) is 20.4. The van der Waals surface area contributed by atoms with E-state index in [-0.39, 0.29) is 11.9 Å². The van der Waals surface area contributed by atoms with Crippen LogP contribution < -0.4 is 0 Å². The molecule has 1 saturated heterocycles. The predicted octanol–water partition coefficient (Wildman–Crippen LogP) is 1.47. The lowest BCUT2D eigenvalue weighted by Crippen LogP contribution is -2.40. The summed E-state index contributed by atoms with van der Waals surface area (Å²) in [6, 6.07) is 0. The smallest absolute Gasteiger partial charge is 0.310 e. The number of imidazole rings is 1. The van der Waals surface area contributed by atoms with Crippen LogP contribution in [0.1, 0.15) is 25.6 Å². The first kappa shape index (κ1) is 14.1. The van der Waals surface area contributed by atoms with Crippen molar-refractivity contribution in [1.29, 1.82) is 0 Å². The highest BCUT2D eigenvalue weighted by Gasteiger charge is 2.26. The molecule has 2 heterocycles. The van der Waals surface area contributed by atoms with Crippen LogP contribution in [0.3, 0.4) is 0 Å².